The Balaban J connectivity index is 2.07. The smallest absolute Gasteiger partial charge is 0.0656 e. The van der Waals surface area contributed by atoms with Crippen molar-refractivity contribution < 1.29 is 0 Å². The van der Waals surface area contributed by atoms with Gasteiger partial charge in [0.05, 0.1) is 10.7 Å². The van der Waals surface area contributed by atoms with Crippen molar-refractivity contribution in [3.63, 3.8) is 0 Å². The maximum Gasteiger partial charge on any atom is 0.0656 e. The Morgan fingerprint density at radius 2 is 1.89 bits per heavy atom. The Labute approximate surface area is 121 Å². The predicted octanol–water partition coefficient (Wildman–Crippen LogP) is 3.15. The van der Waals surface area contributed by atoms with Crippen molar-refractivity contribution in [1.29, 1.82) is 0 Å². The summed E-state index contributed by atoms with van der Waals surface area (Å²) in [5, 5.41) is 0.657. The van der Waals surface area contributed by atoms with Crippen LogP contribution in [0.2, 0.25) is 5.02 Å². The lowest BCUT2D eigenvalue weighted by atomic mass is 10.1. The first-order valence-corrected chi connectivity index (χ1v) is 7.45. The summed E-state index contributed by atoms with van der Waals surface area (Å²) in [7, 11) is 0. The molecule has 1 saturated heterocycles. The third-order valence-corrected chi connectivity index (χ3v) is 4.51. The topological polar surface area (TPSA) is 32.5 Å². The third-order valence-electron chi connectivity index (χ3n) is 4.18. The molecule has 0 radical (unpaired) electrons. The van der Waals surface area contributed by atoms with Crippen LogP contribution in [0.4, 0.5) is 11.4 Å². The highest BCUT2D eigenvalue weighted by atomic mass is 35.5. The lowest BCUT2D eigenvalue weighted by molar-refractivity contribution is 0.193. The van der Waals surface area contributed by atoms with Crippen LogP contribution in [0.3, 0.4) is 0 Å². The predicted molar refractivity (Wildman–Crippen MR) is 84.1 cm³/mol. The summed E-state index contributed by atoms with van der Waals surface area (Å²) < 4.78 is 0. The van der Waals surface area contributed by atoms with Crippen LogP contribution >= 0.6 is 11.6 Å². The monoisotopic (exact) mass is 281 g/mol. The number of benzene rings is 1. The van der Waals surface area contributed by atoms with Crippen LogP contribution in [0.1, 0.15) is 25.8 Å². The molecule has 0 spiro atoms. The van der Waals surface area contributed by atoms with Gasteiger partial charge in [-0.25, -0.2) is 0 Å². The first-order chi connectivity index (χ1) is 9.02. The SMILES string of the molecule is CCC(C)N1CCN(c2cc(Cl)c(N)cc2C)CC1. The van der Waals surface area contributed by atoms with Gasteiger partial charge < -0.3 is 10.6 Å². The molecule has 0 aliphatic carbocycles. The van der Waals surface area contributed by atoms with Crippen LogP contribution in [-0.4, -0.2) is 37.1 Å². The number of aryl methyl sites for hydroxylation is 1. The van der Waals surface area contributed by atoms with E-state index in [1.807, 2.05) is 12.1 Å². The molecule has 0 bridgehead atoms. The van der Waals surface area contributed by atoms with Gasteiger partial charge in [-0.3, -0.25) is 4.90 Å². The van der Waals surface area contributed by atoms with E-state index in [4.69, 9.17) is 17.3 Å². The van der Waals surface area contributed by atoms with E-state index < -0.39 is 0 Å². The second-order valence-electron chi connectivity index (χ2n) is 5.44. The normalized spacial score (nSPS) is 18.6. The molecule has 0 saturated carbocycles. The van der Waals surface area contributed by atoms with Crippen molar-refractivity contribution in [3.05, 3.63) is 22.7 Å². The summed E-state index contributed by atoms with van der Waals surface area (Å²) in [6, 6.07) is 4.65. The standard InChI is InChI=1S/C15H24ClN3/c1-4-12(3)18-5-7-19(8-6-18)15-10-13(16)14(17)9-11(15)2/h9-10,12H,4-8,17H2,1-3H3. The van der Waals surface area contributed by atoms with E-state index in [-0.39, 0.29) is 0 Å². The molecule has 4 heteroatoms. The van der Waals surface area contributed by atoms with Gasteiger partial charge in [0.15, 0.2) is 0 Å². The zero-order valence-electron chi connectivity index (χ0n) is 12.1. The fourth-order valence-corrected chi connectivity index (χ4v) is 2.85. The van der Waals surface area contributed by atoms with E-state index in [2.05, 4.69) is 30.6 Å². The van der Waals surface area contributed by atoms with E-state index in [1.54, 1.807) is 0 Å². The van der Waals surface area contributed by atoms with Crippen molar-refractivity contribution in [2.75, 3.05) is 36.8 Å². The number of rotatable bonds is 3. The van der Waals surface area contributed by atoms with Gasteiger partial charge >= 0.3 is 0 Å². The van der Waals surface area contributed by atoms with Crippen LogP contribution in [0.5, 0.6) is 0 Å². The van der Waals surface area contributed by atoms with Crippen LogP contribution in [0.25, 0.3) is 0 Å². The van der Waals surface area contributed by atoms with E-state index in [1.165, 1.54) is 17.7 Å². The number of hydrogen-bond acceptors (Lipinski definition) is 3. The summed E-state index contributed by atoms with van der Waals surface area (Å²) in [5.41, 5.74) is 8.94. The van der Waals surface area contributed by atoms with E-state index >= 15 is 0 Å². The van der Waals surface area contributed by atoms with Gasteiger partial charge in [-0.15, -0.1) is 0 Å². The summed E-state index contributed by atoms with van der Waals surface area (Å²) in [6.07, 6.45) is 1.22. The Bertz CT molecular complexity index is 439. The van der Waals surface area contributed by atoms with Crippen LogP contribution in [-0.2, 0) is 0 Å². The maximum atomic E-state index is 6.14. The molecule has 0 aromatic heterocycles. The molecule has 3 nitrogen and oxygen atoms in total. The summed E-state index contributed by atoms with van der Waals surface area (Å²) >= 11 is 6.14. The molecule has 1 aromatic carbocycles. The number of anilines is 2. The number of halogens is 1. The molecule has 1 aliphatic rings. The van der Waals surface area contributed by atoms with Crippen LogP contribution in [0, 0.1) is 6.92 Å². The molecule has 1 atom stereocenters. The van der Waals surface area contributed by atoms with Gasteiger partial charge in [0.25, 0.3) is 0 Å². The summed E-state index contributed by atoms with van der Waals surface area (Å²) in [6.45, 7) is 11.0. The molecule has 106 valence electrons. The quantitative estimate of drug-likeness (QED) is 0.864. The summed E-state index contributed by atoms with van der Waals surface area (Å²) in [4.78, 5) is 4.98. The van der Waals surface area contributed by atoms with Gasteiger partial charge in [0.2, 0.25) is 0 Å². The van der Waals surface area contributed by atoms with Gasteiger partial charge in [-0.1, -0.05) is 18.5 Å². The van der Waals surface area contributed by atoms with Crippen molar-refractivity contribution >= 4 is 23.0 Å². The first-order valence-electron chi connectivity index (χ1n) is 7.07. The maximum absolute atomic E-state index is 6.14. The minimum Gasteiger partial charge on any atom is -0.398 e. The lowest BCUT2D eigenvalue weighted by Crippen LogP contribution is -2.49. The Hall–Kier alpha value is -0.930. The average molecular weight is 282 g/mol. The van der Waals surface area contributed by atoms with Crippen molar-refractivity contribution in [3.8, 4) is 0 Å². The van der Waals surface area contributed by atoms with E-state index in [0.29, 0.717) is 16.8 Å². The number of piperazine rings is 1. The number of nitrogens with zero attached hydrogens (tertiary/aromatic N) is 2. The zero-order chi connectivity index (χ0) is 14.0. The average Bonchev–Trinajstić information content (AvgIpc) is 2.42. The first kappa shape index (κ1) is 14.5. The molecule has 2 rings (SSSR count). The fraction of sp³-hybridized carbons (Fsp3) is 0.600. The van der Waals surface area contributed by atoms with Gasteiger partial charge in [-0.2, -0.15) is 0 Å². The largest absolute Gasteiger partial charge is 0.398 e. The highest BCUT2D eigenvalue weighted by molar-refractivity contribution is 6.33. The van der Waals surface area contributed by atoms with E-state index in [9.17, 15) is 0 Å². The second-order valence-corrected chi connectivity index (χ2v) is 5.85. The van der Waals surface area contributed by atoms with Crippen molar-refractivity contribution in [2.24, 2.45) is 0 Å². The molecule has 1 unspecified atom stereocenters. The molecular formula is C15H24ClN3. The fourth-order valence-electron chi connectivity index (χ4n) is 2.70. The van der Waals surface area contributed by atoms with Gasteiger partial charge in [-0.05, 0) is 38.0 Å². The second kappa shape index (κ2) is 6.02. The van der Waals surface area contributed by atoms with Crippen molar-refractivity contribution in [2.45, 2.75) is 33.2 Å². The zero-order valence-corrected chi connectivity index (χ0v) is 12.9. The highest BCUT2D eigenvalue weighted by Gasteiger charge is 2.21. The van der Waals surface area contributed by atoms with Gasteiger partial charge in [0, 0.05) is 37.9 Å². The Morgan fingerprint density at radius 1 is 1.26 bits per heavy atom. The molecule has 1 aliphatic heterocycles. The molecule has 19 heavy (non-hydrogen) atoms. The number of nitrogen functional groups attached to an aromatic ring is 1. The number of hydrogen-bond donors (Lipinski definition) is 1. The minimum absolute atomic E-state index is 0.657. The summed E-state index contributed by atoms with van der Waals surface area (Å²) in [5.74, 6) is 0. The minimum atomic E-state index is 0.657. The van der Waals surface area contributed by atoms with Gasteiger partial charge in [0.1, 0.15) is 0 Å². The molecule has 1 heterocycles. The molecule has 0 amide bonds. The van der Waals surface area contributed by atoms with Crippen molar-refractivity contribution in [1.82, 2.24) is 4.90 Å². The Morgan fingerprint density at radius 3 is 2.47 bits per heavy atom. The Kier molecular flexibility index (Phi) is 4.58. The van der Waals surface area contributed by atoms with Crippen LogP contribution in [0.15, 0.2) is 12.1 Å². The lowest BCUT2D eigenvalue weighted by Gasteiger charge is -2.39. The highest BCUT2D eigenvalue weighted by Crippen LogP contribution is 2.30. The van der Waals surface area contributed by atoms with Crippen LogP contribution < -0.4 is 10.6 Å². The molecular weight excluding hydrogens is 258 g/mol. The molecule has 1 fully saturated rings. The number of nitrogens with two attached hydrogens (primary N) is 1. The molecule has 1 aromatic rings. The van der Waals surface area contributed by atoms with E-state index in [0.717, 1.165) is 26.2 Å². The third kappa shape index (κ3) is 3.15. The molecule has 2 N–H and O–H groups in total.